The van der Waals surface area contributed by atoms with Crippen LogP contribution < -0.4 is 14.8 Å². The lowest BCUT2D eigenvalue weighted by molar-refractivity contribution is -0.144. The first-order chi connectivity index (χ1) is 15.5. The topological polar surface area (TPSA) is 55.7 Å². The molecule has 1 saturated heterocycles. The summed E-state index contributed by atoms with van der Waals surface area (Å²) in [5.41, 5.74) is -0.0482. The van der Waals surface area contributed by atoms with E-state index in [-0.39, 0.29) is 24.6 Å². The van der Waals surface area contributed by atoms with Gasteiger partial charge in [0.2, 0.25) is 0 Å². The Kier molecular flexibility index (Phi) is 6.11. The number of alkyl halides is 3. The van der Waals surface area contributed by atoms with Crippen molar-refractivity contribution in [2.24, 2.45) is 0 Å². The lowest BCUT2D eigenvalue weighted by Crippen LogP contribution is -2.59. The first kappa shape index (κ1) is 23.5. The highest BCUT2D eigenvalue weighted by Crippen LogP contribution is 2.41. The highest BCUT2D eigenvalue weighted by Gasteiger charge is 2.46. The van der Waals surface area contributed by atoms with Crippen LogP contribution in [0.5, 0.6) is 11.5 Å². The summed E-state index contributed by atoms with van der Waals surface area (Å²) in [4.78, 5) is 14.9. The number of carbonyl (C=O) groups is 1. The predicted molar refractivity (Wildman–Crippen MR) is 118 cm³/mol. The Morgan fingerprint density at radius 1 is 1.15 bits per heavy atom. The van der Waals surface area contributed by atoms with Gasteiger partial charge in [-0.05, 0) is 63.9 Å². The molecule has 1 N–H and O–H groups in total. The minimum Gasteiger partial charge on any atom is -0.493 e. The second kappa shape index (κ2) is 8.59. The van der Waals surface area contributed by atoms with Crippen LogP contribution in [0.3, 0.4) is 0 Å². The molecule has 3 heterocycles. The Labute approximate surface area is 191 Å². The van der Waals surface area contributed by atoms with Gasteiger partial charge in [0.15, 0.2) is 11.5 Å². The summed E-state index contributed by atoms with van der Waals surface area (Å²) in [6.07, 6.45) is -3.34. The number of benzene rings is 1. The van der Waals surface area contributed by atoms with E-state index < -0.39 is 17.4 Å². The number of hydrogen-bond acceptors (Lipinski definition) is 4. The average Bonchev–Trinajstić information content (AvgIpc) is 3.19. The molecule has 33 heavy (non-hydrogen) atoms. The Morgan fingerprint density at radius 2 is 1.85 bits per heavy atom. The molecular weight excluding hydrogens is 435 g/mol. The van der Waals surface area contributed by atoms with Crippen molar-refractivity contribution in [3.63, 3.8) is 0 Å². The molecule has 1 aromatic carbocycles. The van der Waals surface area contributed by atoms with Gasteiger partial charge in [0.25, 0.3) is 5.91 Å². The maximum absolute atomic E-state index is 13.5. The number of aromatic nitrogens is 1. The summed E-state index contributed by atoms with van der Waals surface area (Å²) in [5.74, 6) is 0.932. The maximum Gasteiger partial charge on any atom is 0.431 e. The van der Waals surface area contributed by atoms with E-state index in [0.717, 1.165) is 0 Å². The molecule has 1 spiro atoms. The van der Waals surface area contributed by atoms with Gasteiger partial charge in [0, 0.05) is 36.9 Å². The quantitative estimate of drug-likeness (QED) is 0.726. The number of halogens is 3. The molecule has 0 bridgehead atoms. The Bertz CT molecular complexity index is 1020. The summed E-state index contributed by atoms with van der Waals surface area (Å²) in [5, 5.41) is 3.53. The van der Waals surface area contributed by atoms with Gasteiger partial charge in [-0.1, -0.05) is 0 Å². The van der Waals surface area contributed by atoms with Gasteiger partial charge in [-0.15, -0.1) is 0 Å². The fourth-order valence-corrected chi connectivity index (χ4v) is 5.02. The van der Waals surface area contributed by atoms with Crippen LogP contribution in [0.15, 0.2) is 30.3 Å². The van der Waals surface area contributed by atoms with Gasteiger partial charge in [-0.2, -0.15) is 13.2 Å². The van der Waals surface area contributed by atoms with Crippen molar-refractivity contribution in [3.8, 4) is 11.5 Å². The number of likely N-dealkylation sites (tertiary alicyclic amines) is 1. The van der Waals surface area contributed by atoms with Crippen LogP contribution in [0, 0.1) is 0 Å². The Hall–Kier alpha value is -2.68. The van der Waals surface area contributed by atoms with E-state index in [1.807, 2.05) is 20.8 Å². The number of methoxy groups -OCH3 is 1. The van der Waals surface area contributed by atoms with Gasteiger partial charge >= 0.3 is 6.18 Å². The smallest absolute Gasteiger partial charge is 0.431 e. The van der Waals surface area contributed by atoms with Crippen molar-refractivity contribution in [1.82, 2.24) is 14.8 Å². The fourth-order valence-electron chi connectivity index (χ4n) is 5.02. The summed E-state index contributed by atoms with van der Waals surface area (Å²) in [6, 6.07) is 7.76. The number of amides is 1. The molecule has 4 rings (SSSR count). The molecule has 180 valence electrons. The highest BCUT2D eigenvalue weighted by molar-refractivity contribution is 5.95. The van der Waals surface area contributed by atoms with Gasteiger partial charge < -0.3 is 24.3 Å². The molecule has 0 aliphatic carbocycles. The Balaban J connectivity index is 1.53. The molecular formula is C24H30F3N3O3. The summed E-state index contributed by atoms with van der Waals surface area (Å²) in [7, 11) is 1.53. The van der Waals surface area contributed by atoms with E-state index in [1.54, 1.807) is 29.2 Å². The summed E-state index contributed by atoms with van der Waals surface area (Å²) >= 11 is 0. The first-order valence-electron chi connectivity index (χ1n) is 11.2. The normalized spacial score (nSPS) is 20.1. The van der Waals surface area contributed by atoms with Gasteiger partial charge in [0.05, 0.1) is 18.8 Å². The molecule has 1 fully saturated rings. The van der Waals surface area contributed by atoms with Gasteiger partial charge in [-0.3, -0.25) is 4.79 Å². The van der Waals surface area contributed by atoms with E-state index in [2.05, 4.69) is 5.32 Å². The number of nitrogens with zero attached hydrogens (tertiary/aromatic N) is 2. The third-order valence-corrected chi connectivity index (χ3v) is 6.42. The molecule has 9 heteroatoms. The molecule has 1 aromatic heterocycles. The van der Waals surface area contributed by atoms with E-state index in [1.165, 1.54) is 17.7 Å². The van der Waals surface area contributed by atoms with Gasteiger partial charge in [0.1, 0.15) is 5.69 Å². The number of ether oxygens (including phenoxy) is 2. The number of fused-ring (bicyclic) bond motifs is 2. The lowest BCUT2D eigenvalue weighted by Gasteiger charge is -2.47. The average molecular weight is 466 g/mol. The van der Waals surface area contributed by atoms with Crippen molar-refractivity contribution in [2.75, 3.05) is 20.2 Å². The lowest BCUT2D eigenvalue weighted by atomic mass is 9.82. The molecule has 1 atom stereocenters. The third kappa shape index (κ3) is 4.43. The van der Waals surface area contributed by atoms with Crippen LogP contribution in [0.2, 0.25) is 0 Å². The molecule has 6 nitrogen and oxygen atoms in total. The first-order valence-corrected chi connectivity index (χ1v) is 11.2. The monoisotopic (exact) mass is 465 g/mol. The third-order valence-electron chi connectivity index (χ3n) is 6.42. The molecule has 2 aliphatic rings. The van der Waals surface area contributed by atoms with Crippen molar-refractivity contribution in [2.45, 2.75) is 64.0 Å². The van der Waals surface area contributed by atoms with E-state index in [4.69, 9.17) is 9.47 Å². The van der Waals surface area contributed by atoms with E-state index >= 15 is 0 Å². The van der Waals surface area contributed by atoms with Gasteiger partial charge in [-0.25, -0.2) is 0 Å². The Morgan fingerprint density at radius 3 is 2.45 bits per heavy atom. The second-order valence-electron chi connectivity index (χ2n) is 9.16. The zero-order chi connectivity index (χ0) is 24.0. The molecule has 2 aliphatic heterocycles. The van der Waals surface area contributed by atoms with Crippen LogP contribution in [-0.4, -0.2) is 47.7 Å². The molecule has 2 aromatic rings. The zero-order valence-corrected chi connectivity index (χ0v) is 19.3. The fraction of sp³-hybridized carbons (Fsp3) is 0.542. The summed E-state index contributed by atoms with van der Waals surface area (Å²) in [6.45, 7) is 6.88. The number of carbonyl (C=O) groups excluding carboxylic acids is 1. The molecule has 0 saturated carbocycles. The van der Waals surface area contributed by atoms with Crippen LogP contribution in [0.1, 0.15) is 55.4 Å². The van der Waals surface area contributed by atoms with Crippen molar-refractivity contribution in [1.29, 1.82) is 0 Å². The van der Waals surface area contributed by atoms with Crippen LogP contribution in [0.4, 0.5) is 13.2 Å². The minimum absolute atomic E-state index is 0.0269. The summed E-state index contributed by atoms with van der Waals surface area (Å²) < 4.78 is 53.0. The van der Waals surface area contributed by atoms with Crippen LogP contribution >= 0.6 is 0 Å². The standard InChI is InChI=1S/C24H30F3N3O3/c1-15(2)33-18-6-5-17(13-19(18)32-4)22(31)29-11-9-23(10-12-29)20-7-8-21(24(25,26)27)30(20)14-16(3)28-23/h5-8,13,15-16,28H,9-12,14H2,1-4H3/t16-/m1/s1. The van der Waals surface area contributed by atoms with Crippen LogP contribution in [-0.2, 0) is 18.3 Å². The van der Waals surface area contributed by atoms with E-state index in [9.17, 15) is 18.0 Å². The second-order valence-corrected chi connectivity index (χ2v) is 9.16. The predicted octanol–water partition coefficient (Wildman–Crippen LogP) is 4.43. The molecule has 0 unspecified atom stereocenters. The number of rotatable bonds is 4. The minimum atomic E-state index is -4.39. The molecule has 0 radical (unpaired) electrons. The molecule has 1 amide bonds. The highest BCUT2D eigenvalue weighted by atomic mass is 19.4. The van der Waals surface area contributed by atoms with Crippen molar-refractivity contribution >= 4 is 5.91 Å². The zero-order valence-electron chi connectivity index (χ0n) is 19.3. The largest absolute Gasteiger partial charge is 0.493 e. The van der Waals surface area contributed by atoms with E-state index in [0.29, 0.717) is 48.7 Å². The maximum atomic E-state index is 13.5. The van der Waals surface area contributed by atoms with Crippen molar-refractivity contribution < 1.29 is 27.4 Å². The number of piperidine rings is 1. The van der Waals surface area contributed by atoms with Crippen LogP contribution in [0.25, 0.3) is 0 Å². The van der Waals surface area contributed by atoms with Crippen molar-refractivity contribution in [3.05, 3.63) is 47.3 Å². The number of hydrogen-bond donors (Lipinski definition) is 1. The SMILES string of the molecule is COc1cc(C(=O)N2CCC3(CC2)N[C@H](C)Cn2c(C(F)(F)F)ccc23)ccc1OC(C)C. The number of nitrogens with one attached hydrogen (secondary N) is 1.